The third-order valence-electron chi connectivity index (χ3n) is 2.92. The Morgan fingerprint density at radius 2 is 2.28 bits per heavy atom. The second kappa shape index (κ2) is 5.03. The third-order valence-corrected chi connectivity index (χ3v) is 2.92. The van der Waals surface area contributed by atoms with Crippen molar-refractivity contribution < 1.29 is 14.7 Å². The molecular weight excluding hydrogens is 234 g/mol. The number of carboxylic acids is 1. The molecule has 0 radical (unpaired) electrons. The van der Waals surface area contributed by atoms with E-state index in [4.69, 9.17) is 5.11 Å². The number of rotatable bonds is 2. The average Bonchev–Trinajstić information content (AvgIpc) is 2.77. The van der Waals surface area contributed by atoms with Crippen molar-refractivity contribution in [3.63, 3.8) is 0 Å². The van der Waals surface area contributed by atoms with E-state index in [-0.39, 0.29) is 6.03 Å². The molecule has 0 unspecified atom stereocenters. The van der Waals surface area contributed by atoms with Crippen molar-refractivity contribution in [2.45, 2.75) is 25.8 Å². The van der Waals surface area contributed by atoms with Gasteiger partial charge in [-0.05, 0) is 31.4 Å². The summed E-state index contributed by atoms with van der Waals surface area (Å²) in [5.41, 5.74) is 1.51. The fraction of sp³-hybridized carbons (Fsp3) is 0.417. The van der Waals surface area contributed by atoms with Gasteiger partial charge >= 0.3 is 12.0 Å². The van der Waals surface area contributed by atoms with Crippen LogP contribution in [0.25, 0.3) is 0 Å². The van der Waals surface area contributed by atoms with E-state index >= 15 is 0 Å². The molecule has 0 aromatic carbocycles. The zero-order chi connectivity index (χ0) is 13.1. The van der Waals surface area contributed by atoms with Gasteiger partial charge in [-0.1, -0.05) is 0 Å². The number of carbonyl (C=O) groups is 2. The zero-order valence-electron chi connectivity index (χ0n) is 10.1. The van der Waals surface area contributed by atoms with Crippen molar-refractivity contribution >= 4 is 17.7 Å². The van der Waals surface area contributed by atoms with Crippen LogP contribution >= 0.6 is 0 Å². The maximum atomic E-state index is 12.0. The monoisotopic (exact) mass is 249 g/mol. The SMILES string of the molecule is Cc1cncc(NC(=O)N2CCC[C@H]2C(=O)O)c1. The first-order chi connectivity index (χ1) is 8.58. The lowest BCUT2D eigenvalue weighted by molar-refractivity contribution is -0.141. The van der Waals surface area contributed by atoms with E-state index in [1.54, 1.807) is 12.3 Å². The maximum Gasteiger partial charge on any atom is 0.326 e. The van der Waals surface area contributed by atoms with E-state index in [1.165, 1.54) is 11.1 Å². The molecule has 2 rings (SSSR count). The van der Waals surface area contributed by atoms with Gasteiger partial charge < -0.3 is 15.3 Å². The van der Waals surface area contributed by atoms with Crippen LogP contribution < -0.4 is 5.32 Å². The minimum atomic E-state index is -0.954. The second-order valence-corrected chi connectivity index (χ2v) is 4.37. The molecule has 0 spiro atoms. The van der Waals surface area contributed by atoms with Crippen LogP contribution in [0.2, 0.25) is 0 Å². The van der Waals surface area contributed by atoms with E-state index in [0.29, 0.717) is 18.7 Å². The quantitative estimate of drug-likeness (QED) is 0.831. The van der Waals surface area contributed by atoms with Crippen molar-refractivity contribution in [2.75, 3.05) is 11.9 Å². The predicted molar refractivity (Wildman–Crippen MR) is 65.4 cm³/mol. The Morgan fingerprint density at radius 1 is 1.50 bits per heavy atom. The lowest BCUT2D eigenvalue weighted by atomic mass is 10.2. The summed E-state index contributed by atoms with van der Waals surface area (Å²) in [6, 6.07) is 0.687. The molecule has 0 saturated carbocycles. The van der Waals surface area contributed by atoms with Gasteiger partial charge in [-0.25, -0.2) is 9.59 Å². The lowest BCUT2D eigenvalue weighted by Gasteiger charge is -2.21. The molecule has 1 aliphatic heterocycles. The third kappa shape index (κ3) is 2.58. The molecule has 0 aliphatic carbocycles. The number of pyridine rings is 1. The summed E-state index contributed by atoms with van der Waals surface area (Å²) < 4.78 is 0. The summed E-state index contributed by atoms with van der Waals surface area (Å²) >= 11 is 0. The van der Waals surface area contributed by atoms with Crippen molar-refractivity contribution in [2.24, 2.45) is 0 Å². The Hall–Kier alpha value is -2.11. The Kier molecular flexibility index (Phi) is 3.45. The molecule has 1 aromatic heterocycles. The molecule has 1 aliphatic rings. The van der Waals surface area contributed by atoms with E-state index < -0.39 is 12.0 Å². The molecular formula is C12H15N3O3. The first-order valence-electron chi connectivity index (χ1n) is 5.80. The Labute approximate surface area is 105 Å². The number of carboxylic acid groups (broad SMARTS) is 1. The summed E-state index contributed by atoms with van der Waals surface area (Å²) in [5.74, 6) is -0.954. The van der Waals surface area contributed by atoms with Gasteiger partial charge in [-0.3, -0.25) is 4.98 Å². The molecule has 2 N–H and O–H groups in total. The largest absolute Gasteiger partial charge is 0.480 e. The number of nitrogens with one attached hydrogen (secondary N) is 1. The van der Waals surface area contributed by atoms with Gasteiger partial charge in [0.25, 0.3) is 0 Å². The fourth-order valence-electron chi connectivity index (χ4n) is 2.09. The Morgan fingerprint density at radius 3 is 2.94 bits per heavy atom. The van der Waals surface area contributed by atoms with Crippen LogP contribution in [-0.2, 0) is 4.79 Å². The van der Waals surface area contributed by atoms with Gasteiger partial charge in [0.05, 0.1) is 11.9 Å². The van der Waals surface area contributed by atoms with Gasteiger partial charge in [0, 0.05) is 12.7 Å². The van der Waals surface area contributed by atoms with Gasteiger partial charge in [0.2, 0.25) is 0 Å². The number of likely N-dealkylation sites (tertiary alicyclic amines) is 1. The molecule has 1 atom stereocenters. The normalized spacial score (nSPS) is 18.7. The van der Waals surface area contributed by atoms with Gasteiger partial charge in [0.1, 0.15) is 6.04 Å². The van der Waals surface area contributed by atoms with Gasteiger partial charge in [-0.15, -0.1) is 0 Å². The van der Waals surface area contributed by atoms with Crippen LogP contribution in [0.15, 0.2) is 18.5 Å². The summed E-state index contributed by atoms with van der Waals surface area (Å²) in [4.78, 5) is 28.3. The number of urea groups is 1. The second-order valence-electron chi connectivity index (χ2n) is 4.37. The maximum absolute atomic E-state index is 12.0. The Balaban J connectivity index is 2.06. The van der Waals surface area contributed by atoms with E-state index in [2.05, 4.69) is 10.3 Å². The van der Waals surface area contributed by atoms with E-state index in [0.717, 1.165) is 12.0 Å². The number of carbonyl (C=O) groups excluding carboxylic acids is 1. The highest BCUT2D eigenvalue weighted by Gasteiger charge is 2.33. The first kappa shape index (κ1) is 12.3. The summed E-state index contributed by atoms with van der Waals surface area (Å²) in [7, 11) is 0. The zero-order valence-corrected chi connectivity index (χ0v) is 10.1. The minimum absolute atomic E-state index is 0.382. The smallest absolute Gasteiger partial charge is 0.326 e. The van der Waals surface area contributed by atoms with Crippen molar-refractivity contribution in [3.05, 3.63) is 24.0 Å². The molecule has 1 saturated heterocycles. The number of anilines is 1. The first-order valence-corrected chi connectivity index (χ1v) is 5.80. The van der Waals surface area contributed by atoms with Crippen molar-refractivity contribution in [1.29, 1.82) is 0 Å². The molecule has 1 fully saturated rings. The van der Waals surface area contributed by atoms with Crippen LogP contribution in [0.4, 0.5) is 10.5 Å². The van der Waals surface area contributed by atoms with Gasteiger partial charge in [0.15, 0.2) is 0 Å². The highest BCUT2D eigenvalue weighted by molar-refractivity contribution is 5.92. The van der Waals surface area contributed by atoms with Crippen LogP contribution in [0.5, 0.6) is 0 Å². The lowest BCUT2D eigenvalue weighted by Crippen LogP contribution is -2.42. The van der Waals surface area contributed by atoms with Crippen molar-refractivity contribution in [1.82, 2.24) is 9.88 Å². The molecule has 6 heteroatoms. The van der Waals surface area contributed by atoms with Crippen LogP contribution in [0, 0.1) is 6.92 Å². The summed E-state index contributed by atoms with van der Waals surface area (Å²) in [6.07, 6.45) is 4.45. The van der Waals surface area contributed by atoms with E-state index in [1.807, 2.05) is 6.92 Å². The number of amides is 2. The molecule has 2 heterocycles. The van der Waals surface area contributed by atoms with E-state index in [9.17, 15) is 9.59 Å². The standard InChI is InChI=1S/C12H15N3O3/c1-8-5-9(7-13-6-8)14-12(18)15-4-2-3-10(15)11(16)17/h5-7,10H,2-4H2,1H3,(H,14,18)(H,16,17)/t10-/m0/s1. The van der Waals surface area contributed by atoms with Crippen LogP contribution in [0.1, 0.15) is 18.4 Å². The Bertz CT molecular complexity index is 475. The minimum Gasteiger partial charge on any atom is -0.480 e. The highest BCUT2D eigenvalue weighted by Crippen LogP contribution is 2.19. The number of nitrogens with zero attached hydrogens (tertiary/aromatic N) is 2. The number of hydrogen-bond donors (Lipinski definition) is 2. The topological polar surface area (TPSA) is 82.5 Å². The molecule has 0 bridgehead atoms. The molecule has 96 valence electrons. The number of hydrogen-bond acceptors (Lipinski definition) is 3. The number of aryl methyl sites for hydroxylation is 1. The number of aromatic nitrogens is 1. The highest BCUT2D eigenvalue weighted by atomic mass is 16.4. The molecule has 6 nitrogen and oxygen atoms in total. The molecule has 2 amide bonds. The number of aliphatic carboxylic acids is 1. The summed E-state index contributed by atoms with van der Waals surface area (Å²) in [5, 5.41) is 11.7. The fourth-order valence-corrected chi connectivity index (χ4v) is 2.09. The van der Waals surface area contributed by atoms with Gasteiger partial charge in [-0.2, -0.15) is 0 Å². The molecule has 18 heavy (non-hydrogen) atoms. The average molecular weight is 249 g/mol. The molecule has 1 aromatic rings. The predicted octanol–water partition coefficient (Wildman–Crippen LogP) is 1.47. The van der Waals surface area contributed by atoms with Crippen LogP contribution in [0.3, 0.4) is 0 Å². The van der Waals surface area contributed by atoms with Crippen molar-refractivity contribution in [3.8, 4) is 0 Å². The van der Waals surface area contributed by atoms with Crippen LogP contribution in [-0.4, -0.2) is 39.6 Å². The summed E-state index contributed by atoms with van der Waals surface area (Å²) in [6.45, 7) is 2.35.